The second kappa shape index (κ2) is 7.21. The fourth-order valence-electron chi connectivity index (χ4n) is 2.88. The number of carbonyl (C=O) groups excluding carboxylic acids is 1. The minimum atomic E-state index is -4.47. The summed E-state index contributed by atoms with van der Waals surface area (Å²) in [5.74, 6) is -1.44. The number of hydrogen-bond donors (Lipinski definition) is 1. The molecule has 132 valence electrons. The van der Waals surface area contributed by atoms with Crippen LogP contribution in [0.15, 0.2) is 24.3 Å². The predicted molar refractivity (Wildman–Crippen MR) is 78.3 cm³/mol. The van der Waals surface area contributed by atoms with Gasteiger partial charge in [-0.25, -0.2) is 0 Å². The third kappa shape index (κ3) is 4.47. The molecule has 1 fully saturated rings. The second-order valence-corrected chi connectivity index (χ2v) is 5.77. The van der Waals surface area contributed by atoms with Gasteiger partial charge in [-0.2, -0.15) is 13.2 Å². The van der Waals surface area contributed by atoms with Crippen LogP contribution in [-0.2, 0) is 26.9 Å². The lowest BCUT2D eigenvalue weighted by Crippen LogP contribution is -2.38. The molecule has 1 aliphatic heterocycles. The lowest BCUT2D eigenvalue weighted by molar-refractivity contribution is -0.140. The molecule has 0 bridgehead atoms. The molecule has 1 aromatic carbocycles. The lowest BCUT2D eigenvalue weighted by atomic mass is 10.1. The Kier molecular flexibility index (Phi) is 5.48. The molecule has 1 amide bonds. The molecule has 2 atom stereocenters. The number of likely N-dealkylation sites (tertiary alicyclic amines) is 1. The molecule has 0 aliphatic carbocycles. The zero-order chi connectivity index (χ0) is 17.9. The van der Waals surface area contributed by atoms with Crippen molar-refractivity contribution in [3.05, 3.63) is 35.4 Å². The van der Waals surface area contributed by atoms with Crippen LogP contribution in [0.5, 0.6) is 0 Å². The first-order valence-corrected chi connectivity index (χ1v) is 7.41. The summed E-state index contributed by atoms with van der Waals surface area (Å²) in [5.41, 5.74) is -0.573. The van der Waals surface area contributed by atoms with Crippen LogP contribution in [0.4, 0.5) is 13.2 Å². The van der Waals surface area contributed by atoms with Crippen molar-refractivity contribution >= 4 is 11.9 Å². The second-order valence-electron chi connectivity index (χ2n) is 5.77. The van der Waals surface area contributed by atoms with Gasteiger partial charge in [0.05, 0.1) is 24.5 Å². The summed E-state index contributed by atoms with van der Waals surface area (Å²) in [6, 6.07) is 4.07. The van der Waals surface area contributed by atoms with E-state index in [2.05, 4.69) is 0 Å². The van der Waals surface area contributed by atoms with Crippen molar-refractivity contribution in [3.8, 4) is 0 Å². The number of amides is 1. The van der Waals surface area contributed by atoms with E-state index in [1.54, 1.807) is 0 Å². The summed E-state index contributed by atoms with van der Waals surface area (Å²) in [5, 5.41) is 8.94. The van der Waals surface area contributed by atoms with Crippen LogP contribution >= 0.6 is 0 Å². The number of benzene rings is 1. The molecule has 1 aliphatic rings. The van der Waals surface area contributed by atoms with Crippen LogP contribution in [0, 0.1) is 0 Å². The number of ether oxygens (including phenoxy) is 1. The molecule has 2 unspecified atom stereocenters. The molecule has 1 saturated heterocycles. The Morgan fingerprint density at radius 2 is 2.08 bits per heavy atom. The summed E-state index contributed by atoms with van der Waals surface area (Å²) in [6.45, 7) is 0.242. The van der Waals surface area contributed by atoms with E-state index >= 15 is 0 Å². The minimum Gasteiger partial charge on any atom is -0.481 e. The van der Waals surface area contributed by atoms with E-state index in [1.807, 2.05) is 0 Å². The van der Waals surface area contributed by atoms with Crippen molar-refractivity contribution in [2.45, 2.75) is 37.6 Å². The predicted octanol–water partition coefficient (Wildman–Crippen LogP) is 2.34. The summed E-state index contributed by atoms with van der Waals surface area (Å²) in [6.07, 6.45) is -4.76. The van der Waals surface area contributed by atoms with Gasteiger partial charge in [-0.15, -0.1) is 0 Å². The van der Waals surface area contributed by atoms with Gasteiger partial charge >= 0.3 is 12.1 Å². The number of nitrogens with zero attached hydrogens (tertiary/aromatic N) is 1. The van der Waals surface area contributed by atoms with Crippen LogP contribution in [0.3, 0.4) is 0 Å². The molecule has 1 heterocycles. The average Bonchev–Trinajstić information content (AvgIpc) is 2.89. The molecule has 1 N–H and O–H groups in total. The number of rotatable bonds is 5. The van der Waals surface area contributed by atoms with Gasteiger partial charge in [0, 0.05) is 19.7 Å². The maximum Gasteiger partial charge on any atom is 0.416 e. The monoisotopic (exact) mass is 345 g/mol. The van der Waals surface area contributed by atoms with Gasteiger partial charge in [-0.1, -0.05) is 18.2 Å². The number of carboxylic acids is 1. The summed E-state index contributed by atoms with van der Waals surface area (Å²) in [4.78, 5) is 24.7. The first kappa shape index (κ1) is 18.3. The normalized spacial score (nSPS) is 21.1. The number of hydrogen-bond acceptors (Lipinski definition) is 3. The van der Waals surface area contributed by atoms with Crippen LogP contribution < -0.4 is 0 Å². The van der Waals surface area contributed by atoms with Crippen LogP contribution in [0.1, 0.15) is 24.0 Å². The highest BCUT2D eigenvalue weighted by atomic mass is 19.4. The Bertz CT molecular complexity index is 618. The van der Waals surface area contributed by atoms with E-state index in [1.165, 1.54) is 24.1 Å². The smallest absolute Gasteiger partial charge is 0.416 e. The van der Waals surface area contributed by atoms with Crippen LogP contribution in [0.25, 0.3) is 0 Å². The van der Waals surface area contributed by atoms with E-state index in [4.69, 9.17) is 9.84 Å². The highest BCUT2D eigenvalue weighted by Crippen LogP contribution is 2.30. The van der Waals surface area contributed by atoms with Crippen molar-refractivity contribution in [2.75, 3.05) is 13.7 Å². The van der Waals surface area contributed by atoms with Gasteiger partial charge in [0.1, 0.15) is 0 Å². The van der Waals surface area contributed by atoms with Gasteiger partial charge in [0.15, 0.2) is 0 Å². The highest BCUT2D eigenvalue weighted by Gasteiger charge is 2.36. The number of carboxylic acid groups (broad SMARTS) is 1. The Morgan fingerprint density at radius 1 is 1.38 bits per heavy atom. The van der Waals surface area contributed by atoms with Crippen molar-refractivity contribution in [2.24, 2.45) is 0 Å². The van der Waals surface area contributed by atoms with E-state index in [-0.39, 0.29) is 31.1 Å². The van der Waals surface area contributed by atoms with Gasteiger partial charge in [-0.3, -0.25) is 9.59 Å². The Balaban J connectivity index is 2.11. The molecule has 1 aromatic rings. The number of halogens is 3. The van der Waals surface area contributed by atoms with Crippen LogP contribution in [-0.4, -0.2) is 47.7 Å². The zero-order valence-electron chi connectivity index (χ0n) is 13.0. The van der Waals surface area contributed by atoms with E-state index < -0.39 is 29.7 Å². The topological polar surface area (TPSA) is 66.8 Å². The minimum absolute atomic E-state index is 0.212. The van der Waals surface area contributed by atoms with Gasteiger partial charge in [0.25, 0.3) is 0 Å². The molecule has 24 heavy (non-hydrogen) atoms. The molecule has 0 aromatic heterocycles. The van der Waals surface area contributed by atoms with Crippen molar-refractivity contribution in [1.82, 2.24) is 4.90 Å². The largest absolute Gasteiger partial charge is 0.481 e. The molecule has 2 rings (SSSR count). The maximum atomic E-state index is 12.7. The number of carbonyl (C=O) groups is 2. The first-order chi connectivity index (χ1) is 11.2. The SMILES string of the molecule is COC1CC(CC(=O)O)N(C(=O)Cc2cccc(C(F)(F)F)c2)C1. The van der Waals surface area contributed by atoms with Gasteiger partial charge < -0.3 is 14.7 Å². The zero-order valence-corrected chi connectivity index (χ0v) is 13.0. The third-order valence-electron chi connectivity index (χ3n) is 4.05. The molecular formula is C16H18F3NO4. The maximum absolute atomic E-state index is 12.7. The molecular weight excluding hydrogens is 327 g/mol. The quantitative estimate of drug-likeness (QED) is 0.890. The molecule has 8 heteroatoms. The Labute approximate surface area is 137 Å². The summed E-state index contributed by atoms with van der Waals surface area (Å²) < 4.78 is 43.4. The average molecular weight is 345 g/mol. The summed E-state index contributed by atoms with van der Waals surface area (Å²) in [7, 11) is 1.48. The molecule has 0 radical (unpaired) electrons. The first-order valence-electron chi connectivity index (χ1n) is 7.41. The number of aliphatic carboxylic acids is 1. The fraction of sp³-hybridized carbons (Fsp3) is 0.500. The standard InChI is InChI=1S/C16H18F3NO4/c1-24-13-7-12(8-15(22)23)20(9-13)14(21)6-10-3-2-4-11(5-10)16(17,18)19/h2-5,12-13H,6-9H2,1H3,(H,22,23). The van der Waals surface area contributed by atoms with Crippen molar-refractivity contribution < 1.29 is 32.6 Å². The van der Waals surface area contributed by atoms with Gasteiger partial charge in [0.2, 0.25) is 5.91 Å². The molecule has 5 nitrogen and oxygen atoms in total. The van der Waals surface area contributed by atoms with Gasteiger partial charge in [-0.05, 0) is 18.1 Å². The summed E-state index contributed by atoms with van der Waals surface area (Å²) >= 11 is 0. The Morgan fingerprint density at radius 3 is 2.67 bits per heavy atom. The highest BCUT2D eigenvalue weighted by molar-refractivity contribution is 5.80. The van der Waals surface area contributed by atoms with Crippen LogP contribution in [0.2, 0.25) is 0 Å². The lowest BCUT2D eigenvalue weighted by Gasteiger charge is -2.23. The number of methoxy groups -OCH3 is 1. The molecule has 0 saturated carbocycles. The van der Waals surface area contributed by atoms with E-state index in [0.29, 0.717) is 6.42 Å². The number of alkyl halides is 3. The fourth-order valence-corrected chi connectivity index (χ4v) is 2.88. The van der Waals surface area contributed by atoms with E-state index in [0.717, 1.165) is 12.1 Å². The van der Waals surface area contributed by atoms with Crippen molar-refractivity contribution in [1.29, 1.82) is 0 Å². The third-order valence-corrected chi connectivity index (χ3v) is 4.05. The molecule has 0 spiro atoms. The Hall–Kier alpha value is -2.09. The van der Waals surface area contributed by atoms with Crippen molar-refractivity contribution in [3.63, 3.8) is 0 Å². The van der Waals surface area contributed by atoms with E-state index in [9.17, 15) is 22.8 Å².